The van der Waals surface area contributed by atoms with Crippen LogP contribution in [-0.4, -0.2) is 21.8 Å². The summed E-state index contributed by atoms with van der Waals surface area (Å²) < 4.78 is 12.3. The number of hydrogen-bond acceptors (Lipinski definition) is 5. The molecule has 0 unspecified atom stereocenters. The maximum absolute atomic E-state index is 6.18. The van der Waals surface area contributed by atoms with Gasteiger partial charge in [0.15, 0.2) is 17.3 Å². The number of rotatable bonds is 2. The molecule has 2 N–H and O–H groups in total. The molecule has 0 fully saturated rings. The van der Waals surface area contributed by atoms with Crippen molar-refractivity contribution >= 4 is 5.82 Å². The van der Waals surface area contributed by atoms with Gasteiger partial charge in [0.2, 0.25) is 6.79 Å². The van der Waals surface area contributed by atoms with Gasteiger partial charge in [-0.15, -0.1) is 5.10 Å². The summed E-state index contributed by atoms with van der Waals surface area (Å²) in [4.78, 5) is 0. The van der Waals surface area contributed by atoms with Crippen molar-refractivity contribution in [2.75, 3.05) is 12.5 Å². The number of anilines is 1. The Kier molecular flexibility index (Phi) is 2.53. The van der Waals surface area contributed by atoms with E-state index in [9.17, 15) is 0 Å². The van der Waals surface area contributed by atoms with Crippen LogP contribution in [0, 0.1) is 0 Å². The third-order valence-corrected chi connectivity index (χ3v) is 3.35. The first kappa shape index (κ1) is 11.8. The molecule has 1 aromatic heterocycles. The SMILES string of the molecule is Nc1c(-c2ccc3c(c2)OCO3)nnn1-c1ccccc1. The number of para-hydroxylation sites is 1. The van der Waals surface area contributed by atoms with E-state index < -0.39 is 0 Å². The van der Waals surface area contributed by atoms with Gasteiger partial charge >= 0.3 is 0 Å². The van der Waals surface area contributed by atoms with E-state index in [1.54, 1.807) is 4.68 Å². The van der Waals surface area contributed by atoms with E-state index in [2.05, 4.69) is 10.3 Å². The van der Waals surface area contributed by atoms with Crippen molar-refractivity contribution in [1.29, 1.82) is 0 Å². The van der Waals surface area contributed by atoms with E-state index in [0.717, 1.165) is 17.0 Å². The largest absolute Gasteiger partial charge is 0.454 e. The van der Waals surface area contributed by atoms with Crippen LogP contribution >= 0.6 is 0 Å². The number of hydrogen-bond donors (Lipinski definition) is 1. The predicted octanol–water partition coefficient (Wildman–Crippen LogP) is 2.25. The molecule has 4 rings (SSSR count). The molecule has 2 aromatic carbocycles. The average molecular weight is 280 g/mol. The van der Waals surface area contributed by atoms with Crippen LogP contribution in [0.4, 0.5) is 5.82 Å². The summed E-state index contributed by atoms with van der Waals surface area (Å²) in [6.07, 6.45) is 0. The van der Waals surface area contributed by atoms with Crippen LogP contribution < -0.4 is 15.2 Å². The summed E-state index contributed by atoms with van der Waals surface area (Å²) in [5, 5.41) is 8.30. The summed E-state index contributed by atoms with van der Waals surface area (Å²) in [6.45, 7) is 0.241. The number of aromatic nitrogens is 3. The van der Waals surface area contributed by atoms with Crippen LogP contribution in [0.2, 0.25) is 0 Å². The van der Waals surface area contributed by atoms with Gasteiger partial charge in [-0.05, 0) is 30.3 Å². The molecule has 21 heavy (non-hydrogen) atoms. The standard InChI is InChI=1S/C15H12N4O2/c16-15-14(10-6-7-12-13(8-10)21-9-20-12)17-18-19(15)11-4-2-1-3-5-11/h1-8H,9,16H2. The number of fused-ring (bicyclic) bond motifs is 1. The second-order valence-electron chi connectivity index (χ2n) is 4.64. The van der Waals surface area contributed by atoms with Gasteiger partial charge in [0.25, 0.3) is 0 Å². The van der Waals surface area contributed by atoms with Gasteiger partial charge in [0.05, 0.1) is 5.69 Å². The lowest BCUT2D eigenvalue weighted by atomic mass is 10.1. The highest BCUT2D eigenvalue weighted by Crippen LogP contribution is 2.36. The zero-order chi connectivity index (χ0) is 14.2. The number of ether oxygens (including phenoxy) is 2. The molecule has 0 radical (unpaired) electrons. The normalized spacial score (nSPS) is 12.6. The maximum Gasteiger partial charge on any atom is 0.231 e. The quantitative estimate of drug-likeness (QED) is 0.779. The van der Waals surface area contributed by atoms with Crippen LogP contribution in [0.25, 0.3) is 16.9 Å². The highest BCUT2D eigenvalue weighted by molar-refractivity contribution is 5.73. The van der Waals surface area contributed by atoms with E-state index in [1.165, 1.54) is 0 Å². The summed E-state index contributed by atoms with van der Waals surface area (Å²) in [5.74, 6) is 1.91. The second kappa shape index (κ2) is 4.52. The van der Waals surface area contributed by atoms with Gasteiger partial charge < -0.3 is 15.2 Å². The Balaban J connectivity index is 1.79. The van der Waals surface area contributed by atoms with E-state index in [0.29, 0.717) is 17.3 Å². The van der Waals surface area contributed by atoms with Crippen molar-refractivity contribution < 1.29 is 9.47 Å². The predicted molar refractivity (Wildman–Crippen MR) is 77.3 cm³/mol. The molecule has 0 bridgehead atoms. The third kappa shape index (κ3) is 1.88. The highest BCUT2D eigenvalue weighted by atomic mass is 16.7. The lowest BCUT2D eigenvalue weighted by Gasteiger charge is -2.03. The minimum absolute atomic E-state index is 0.241. The van der Waals surface area contributed by atoms with E-state index >= 15 is 0 Å². The monoisotopic (exact) mass is 280 g/mol. The Morgan fingerprint density at radius 1 is 1.00 bits per heavy atom. The zero-order valence-corrected chi connectivity index (χ0v) is 11.1. The molecular formula is C15H12N4O2. The van der Waals surface area contributed by atoms with Crippen molar-refractivity contribution in [3.05, 3.63) is 48.5 Å². The Labute approximate surface area is 120 Å². The Bertz CT molecular complexity index is 799. The Morgan fingerprint density at radius 3 is 2.67 bits per heavy atom. The Hall–Kier alpha value is -3.02. The molecule has 1 aliphatic rings. The first-order chi connectivity index (χ1) is 10.3. The summed E-state index contributed by atoms with van der Waals surface area (Å²) >= 11 is 0. The first-order valence-corrected chi connectivity index (χ1v) is 6.49. The van der Waals surface area contributed by atoms with Crippen molar-refractivity contribution in [3.63, 3.8) is 0 Å². The minimum Gasteiger partial charge on any atom is -0.454 e. The van der Waals surface area contributed by atoms with Crippen molar-refractivity contribution in [2.45, 2.75) is 0 Å². The maximum atomic E-state index is 6.18. The number of nitrogens with two attached hydrogens (primary N) is 1. The molecule has 104 valence electrons. The smallest absolute Gasteiger partial charge is 0.231 e. The highest BCUT2D eigenvalue weighted by Gasteiger charge is 2.18. The van der Waals surface area contributed by atoms with Gasteiger partial charge in [-0.2, -0.15) is 4.68 Å². The van der Waals surface area contributed by atoms with Crippen LogP contribution in [0.1, 0.15) is 0 Å². The molecular weight excluding hydrogens is 268 g/mol. The lowest BCUT2D eigenvalue weighted by molar-refractivity contribution is 0.174. The molecule has 0 atom stereocenters. The first-order valence-electron chi connectivity index (χ1n) is 6.49. The van der Waals surface area contributed by atoms with Crippen LogP contribution in [0.3, 0.4) is 0 Å². The topological polar surface area (TPSA) is 75.2 Å². The fourth-order valence-electron chi connectivity index (χ4n) is 2.30. The van der Waals surface area contributed by atoms with Crippen LogP contribution in [-0.2, 0) is 0 Å². The Morgan fingerprint density at radius 2 is 1.81 bits per heavy atom. The molecule has 1 aliphatic heterocycles. The molecule has 0 saturated heterocycles. The zero-order valence-electron chi connectivity index (χ0n) is 11.1. The van der Waals surface area contributed by atoms with E-state index in [-0.39, 0.29) is 6.79 Å². The lowest BCUT2D eigenvalue weighted by Crippen LogP contribution is -2.01. The van der Waals surface area contributed by atoms with Gasteiger partial charge in [-0.25, -0.2) is 0 Å². The second-order valence-corrected chi connectivity index (χ2v) is 4.64. The molecule has 6 heteroatoms. The summed E-state index contributed by atoms with van der Waals surface area (Å²) in [5.41, 5.74) is 8.52. The van der Waals surface area contributed by atoms with E-state index in [1.807, 2.05) is 48.5 Å². The number of nitrogen functional groups attached to an aromatic ring is 1. The van der Waals surface area contributed by atoms with Gasteiger partial charge in [0.1, 0.15) is 5.69 Å². The van der Waals surface area contributed by atoms with Crippen LogP contribution in [0.5, 0.6) is 11.5 Å². The van der Waals surface area contributed by atoms with Crippen molar-refractivity contribution in [3.8, 4) is 28.4 Å². The fraction of sp³-hybridized carbons (Fsp3) is 0.0667. The number of benzene rings is 2. The third-order valence-electron chi connectivity index (χ3n) is 3.35. The average Bonchev–Trinajstić information content (AvgIpc) is 3.13. The molecule has 0 spiro atoms. The van der Waals surface area contributed by atoms with Crippen molar-refractivity contribution in [1.82, 2.24) is 15.0 Å². The summed E-state index contributed by atoms with van der Waals surface area (Å²) in [7, 11) is 0. The van der Waals surface area contributed by atoms with Gasteiger partial charge in [-0.3, -0.25) is 0 Å². The summed E-state index contributed by atoms with van der Waals surface area (Å²) in [6, 6.07) is 15.2. The minimum atomic E-state index is 0.241. The number of nitrogens with zero attached hydrogens (tertiary/aromatic N) is 3. The molecule has 3 aromatic rings. The molecule has 2 heterocycles. The van der Waals surface area contributed by atoms with E-state index in [4.69, 9.17) is 15.2 Å². The van der Waals surface area contributed by atoms with Crippen molar-refractivity contribution in [2.24, 2.45) is 0 Å². The van der Waals surface area contributed by atoms with Crippen LogP contribution in [0.15, 0.2) is 48.5 Å². The fourth-order valence-corrected chi connectivity index (χ4v) is 2.30. The molecule has 0 aliphatic carbocycles. The van der Waals surface area contributed by atoms with Gasteiger partial charge in [0, 0.05) is 5.56 Å². The molecule has 0 saturated carbocycles. The molecule has 0 amide bonds. The molecule has 6 nitrogen and oxygen atoms in total. The van der Waals surface area contributed by atoms with Gasteiger partial charge in [-0.1, -0.05) is 23.4 Å².